The Morgan fingerprint density at radius 2 is 1.60 bits per heavy atom. The molecule has 0 radical (unpaired) electrons. The number of piperidine rings is 2. The molecule has 1 aromatic carbocycles. The van der Waals surface area contributed by atoms with Gasteiger partial charge < -0.3 is 14.2 Å². The SMILES string of the molecule is CC1CC(C)CN(c2oc(C(C3CCC(C(c4cccs4)N(C)C)CC3)N3CCCCC3)nc2Cc2ccccc2)C1. The highest BCUT2D eigenvalue weighted by molar-refractivity contribution is 7.10. The lowest BCUT2D eigenvalue weighted by Gasteiger charge is -2.42. The Labute approximate surface area is 258 Å². The first-order valence-corrected chi connectivity index (χ1v) is 17.6. The highest BCUT2D eigenvalue weighted by Crippen LogP contribution is 2.47. The second-order valence-corrected chi connectivity index (χ2v) is 14.9. The van der Waals surface area contributed by atoms with E-state index in [2.05, 4.69) is 90.5 Å². The lowest BCUT2D eigenvalue weighted by atomic mass is 9.74. The van der Waals surface area contributed by atoms with E-state index >= 15 is 0 Å². The zero-order valence-electron chi connectivity index (χ0n) is 26.4. The van der Waals surface area contributed by atoms with Crippen molar-refractivity contribution in [2.45, 2.75) is 83.7 Å². The molecule has 2 aromatic heterocycles. The molecule has 3 fully saturated rings. The minimum Gasteiger partial charge on any atom is -0.423 e. The van der Waals surface area contributed by atoms with Gasteiger partial charge in [-0.25, -0.2) is 4.98 Å². The fourth-order valence-electron chi connectivity index (χ4n) is 8.47. The first kappa shape index (κ1) is 29.9. The van der Waals surface area contributed by atoms with E-state index in [1.807, 2.05) is 11.3 Å². The number of thiophene rings is 1. The summed E-state index contributed by atoms with van der Waals surface area (Å²) in [6, 6.07) is 16.2. The molecule has 0 N–H and O–H groups in total. The number of hydrogen-bond acceptors (Lipinski definition) is 6. The van der Waals surface area contributed by atoms with Gasteiger partial charge in [-0.15, -0.1) is 11.3 Å². The van der Waals surface area contributed by atoms with Crippen LogP contribution in [0.15, 0.2) is 52.3 Å². The molecule has 0 spiro atoms. The Hall–Kier alpha value is -2.15. The van der Waals surface area contributed by atoms with Crippen LogP contribution in [-0.2, 0) is 6.42 Å². The number of likely N-dealkylation sites (tertiary alicyclic amines) is 1. The van der Waals surface area contributed by atoms with Gasteiger partial charge in [0.25, 0.3) is 0 Å². The zero-order valence-corrected chi connectivity index (χ0v) is 27.2. The van der Waals surface area contributed by atoms with Crippen LogP contribution in [0.3, 0.4) is 0 Å². The molecule has 42 heavy (non-hydrogen) atoms. The number of oxazole rings is 1. The summed E-state index contributed by atoms with van der Waals surface area (Å²) in [6.45, 7) is 9.25. The van der Waals surface area contributed by atoms with Crippen molar-refractivity contribution >= 4 is 17.2 Å². The van der Waals surface area contributed by atoms with Gasteiger partial charge >= 0.3 is 0 Å². The third-order valence-electron chi connectivity index (χ3n) is 10.2. The topological polar surface area (TPSA) is 35.8 Å². The van der Waals surface area contributed by atoms with Gasteiger partial charge in [-0.05, 0) is 113 Å². The molecule has 4 atom stereocenters. The molecule has 0 bridgehead atoms. The van der Waals surface area contributed by atoms with Crippen LogP contribution in [0, 0.1) is 23.7 Å². The second kappa shape index (κ2) is 13.7. The van der Waals surface area contributed by atoms with Gasteiger partial charge in [0.1, 0.15) is 5.69 Å². The molecule has 4 heterocycles. The van der Waals surface area contributed by atoms with E-state index in [0.29, 0.717) is 29.7 Å². The van der Waals surface area contributed by atoms with Crippen molar-refractivity contribution in [2.75, 3.05) is 45.2 Å². The average molecular weight is 589 g/mol. The number of benzene rings is 1. The number of nitrogens with zero attached hydrogens (tertiary/aromatic N) is 4. The van der Waals surface area contributed by atoms with Gasteiger partial charge in [0.15, 0.2) is 0 Å². The summed E-state index contributed by atoms with van der Waals surface area (Å²) in [6.07, 6.45) is 11.1. The molecule has 0 amide bonds. The van der Waals surface area contributed by atoms with Gasteiger partial charge in [-0.1, -0.05) is 56.7 Å². The summed E-state index contributed by atoms with van der Waals surface area (Å²) < 4.78 is 7.03. The molecule has 228 valence electrons. The standard InChI is InChI=1S/C36H52N4OS/c1-26-22-27(2)25-40(24-26)36-31(23-28-12-7-5-8-13-28)37-35(41-36)34(39-19-9-6-10-20-39)30-17-15-29(16-18-30)33(38(3)4)32-14-11-21-42-32/h5,7-8,11-14,21,26-27,29-30,33-34H,6,9-10,15-20,22-25H2,1-4H3. The predicted molar refractivity (Wildman–Crippen MR) is 175 cm³/mol. The van der Waals surface area contributed by atoms with Crippen molar-refractivity contribution < 1.29 is 4.42 Å². The second-order valence-electron chi connectivity index (χ2n) is 14.0. The molecule has 5 nitrogen and oxygen atoms in total. The fourth-order valence-corrected chi connectivity index (χ4v) is 9.48. The van der Waals surface area contributed by atoms with Crippen LogP contribution in [0.25, 0.3) is 0 Å². The van der Waals surface area contributed by atoms with Crippen LogP contribution in [0.4, 0.5) is 5.88 Å². The zero-order chi connectivity index (χ0) is 29.1. The smallest absolute Gasteiger partial charge is 0.220 e. The molecule has 1 aliphatic carbocycles. The third-order valence-corrected chi connectivity index (χ3v) is 11.1. The van der Waals surface area contributed by atoms with E-state index < -0.39 is 0 Å². The number of hydrogen-bond donors (Lipinski definition) is 0. The van der Waals surface area contributed by atoms with E-state index in [-0.39, 0.29) is 6.04 Å². The van der Waals surface area contributed by atoms with Crippen molar-refractivity contribution in [3.8, 4) is 0 Å². The van der Waals surface area contributed by atoms with E-state index in [9.17, 15) is 0 Å². The number of rotatable bonds is 9. The molecule has 2 saturated heterocycles. The Kier molecular flexibility index (Phi) is 9.72. The normalized spacial score (nSPS) is 27.3. The van der Waals surface area contributed by atoms with Crippen molar-refractivity contribution in [3.63, 3.8) is 0 Å². The van der Waals surface area contributed by atoms with Gasteiger partial charge in [-0.3, -0.25) is 4.90 Å². The summed E-state index contributed by atoms with van der Waals surface area (Å²) in [7, 11) is 4.52. The molecular formula is C36H52N4OS. The van der Waals surface area contributed by atoms with Crippen LogP contribution < -0.4 is 4.90 Å². The first-order valence-electron chi connectivity index (χ1n) is 16.7. The maximum atomic E-state index is 7.03. The maximum Gasteiger partial charge on any atom is 0.220 e. The van der Waals surface area contributed by atoms with Gasteiger partial charge in [0, 0.05) is 30.4 Å². The summed E-state index contributed by atoms with van der Waals surface area (Å²) >= 11 is 1.92. The van der Waals surface area contributed by atoms with Gasteiger partial charge in [0.2, 0.25) is 11.8 Å². The summed E-state index contributed by atoms with van der Waals surface area (Å²) in [4.78, 5) is 14.7. The van der Waals surface area contributed by atoms with Crippen LogP contribution in [0.2, 0.25) is 0 Å². The van der Waals surface area contributed by atoms with E-state index in [1.165, 1.54) is 74.9 Å². The molecule has 6 heteroatoms. The maximum absolute atomic E-state index is 7.03. The number of anilines is 1. The molecule has 1 saturated carbocycles. The van der Waals surface area contributed by atoms with Crippen molar-refractivity contribution in [1.29, 1.82) is 0 Å². The Bertz CT molecular complexity index is 1220. The quantitative estimate of drug-likeness (QED) is 0.251. The lowest BCUT2D eigenvalue weighted by Crippen LogP contribution is -2.40. The van der Waals surface area contributed by atoms with E-state index in [1.54, 1.807) is 0 Å². The molecule has 2 aliphatic heterocycles. The molecule has 3 aromatic rings. The van der Waals surface area contributed by atoms with Crippen molar-refractivity contribution in [2.24, 2.45) is 23.7 Å². The summed E-state index contributed by atoms with van der Waals surface area (Å²) in [5.74, 6) is 4.70. The van der Waals surface area contributed by atoms with Crippen LogP contribution >= 0.6 is 11.3 Å². The van der Waals surface area contributed by atoms with Gasteiger partial charge in [0.05, 0.1) is 6.04 Å². The molecule has 6 rings (SSSR count). The van der Waals surface area contributed by atoms with Crippen LogP contribution in [-0.4, -0.2) is 55.1 Å². The first-order chi connectivity index (χ1) is 20.5. The van der Waals surface area contributed by atoms with E-state index in [4.69, 9.17) is 9.40 Å². The molecule has 4 unspecified atom stereocenters. The lowest BCUT2D eigenvalue weighted by molar-refractivity contribution is 0.0563. The fraction of sp³-hybridized carbons (Fsp3) is 0.639. The predicted octanol–water partition coefficient (Wildman–Crippen LogP) is 8.45. The summed E-state index contributed by atoms with van der Waals surface area (Å²) in [5.41, 5.74) is 2.45. The van der Waals surface area contributed by atoms with Crippen LogP contribution in [0.1, 0.15) is 99.3 Å². The van der Waals surface area contributed by atoms with Crippen LogP contribution in [0.5, 0.6) is 0 Å². The minimum absolute atomic E-state index is 0.286. The largest absolute Gasteiger partial charge is 0.423 e. The monoisotopic (exact) mass is 588 g/mol. The average Bonchev–Trinajstić information content (AvgIpc) is 3.65. The van der Waals surface area contributed by atoms with Crippen molar-refractivity contribution in [1.82, 2.24) is 14.8 Å². The molecular weight excluding hydrogens is 536 g/mol. The Morgan fingerprint density at radius 1 is 0.905 bits per heavy atom. The van der Waals surface area contributed by atoms with Crippen molar-refractivity contribution in [3.05, 3.63) is 69.9 Å². The highest BCUT2D eigenvalue weighted by Gasteiger charge is 2.40. The van der Waals surface area contributed by atoms with E-state index in [0.717, 1.165) is 37.0 Å². The Balaban J connectivity index is 1.29. The minimum atomic E-state index is 0.286. The summed E-state index contributed by atoms with van der Waals surface area (Å²) in [5, 5.41) is 2.24. The Morgan fingerprint density at radius 3 is 2.24 bits per heavy atom. The third kappa shape index (κ3) is 6.81. The van der Waals surface area contributed by atoms with Gasteiger partial charge in [-0.2, -0.15) is 0 Å². The highest BCUT2D eigenvalue weighted by atomic mass is 32.1. The molecule has 3 aliphatic rings. The number of aromatic nitrogens is 1.